The number of carbonyl (C=O) groups is 1. The first-order chi connectivity index (χ1) is 16.6. The second kappa shape index (κ2) is 10.7. The van der Waals surface area contributed by atoms with Crippen LogP contribution in [0.3, 0.4) is 0 Å². The number of benzene rings is 1. The van der Waals surface area contributed by atoms with E-state index in [1.165, 1.54) is 24.2 Å². The van der Waals surface area contributed by atoms with Crippen molar-refractivity contribution >= 4 is 63.2 Å². The summed E-state index contributed by atoms with van der Waals surface area (Å²) in [6.45, 7) is 4.60. The number of aliphatic carboxylic acids is 1. The van der Waals surface area contributed by atoms with Crippen LogP contribution in [0.4, 0.5) is 24.8 Å². The van der Waals surface area contributed by atoms with Gasteiger partial charge in [-0.2, -0.15) is 13.2 Å². The van der Waals surface area contributed by atoms with E-state index in [9.17, 15) is 13.2 Å². The quantitative estimate of drug-likeness (QED) is 0.434. The lowest BCUT2D eigenvalue weighted by Crippen LogP contribution is -2.46. The number of aromatic nitrogens is 2. The van der Waals surface area contributed by atoms with Crippen molar-refractivity contribution in [1.82, 2.24) is 14.9 Å². The molecule has 0 unspecified atom stereocenters. The SMILES string of the molecule is Clc1cc(CN2CCN(c3nc4ccccc4nc3NC3CC3)CC2)c(Cl)s1.O=C(O)C(F)(F)F. The molecule has 2 fully saturated rings. The molecule has 0 atom stereocenters. The van der Waals surface area contributed by atoms with Crippen molar-refractivity contribution in [2.75, 3.05) is 36.4 Å². The van der Waals surface area contributed by atoms with Gasteiger partial charge in [0.05, 0.1) is 19.7 Å². The van der Waals surface area contributed by atoms with Gasteiger partial charge in [-0.15, -0.1) is 11.3 Å². The summed E-state index contributed by atoms with van der Waals surface area (Å²) < 4.78 is 33.3. The minimum atomic E-state index is -5.08. The van der Waals surface area contributed by atoms with Gasteiger partial charge in [0.15, 0.2) is 11.6 Å². The molecule has 2 N–H and O–H groups in total. The van der Waals surface area contributed by atoms with Crippen LogP contribution >= 0.6 is 34.5 Å². The molecule has 0 bridgehead atoms. The highest BCUT2D eigenvalue weighted by atomic mass is 35.5. The van der Waals surface area contributed by atoms with E-state index >= 15 is 0 Å². The van der Waals surface area contributed by atoms with Crippen molar-refractivity contribution in [1.29, 1.82) is 0 Å². The Balaban J connectivity index is 0.000000364. The van der Waals surface area contributed by atoms with Crippen LogP contribution in [0.15, 0.2) is 30.3 Å². The minimum absolute atomic E-state index is 0.543. The van der Waals surface area contributed by atoms with Gasteiger partial charge in [0.2, 0.25) is 0 Å². The van der Waals surface area contributed by atoms with Crippen LogP contribution in [0.25, 0.3) is 11.0 Å². The number of carboxylic acids is 1. The molecule has 0 spiro atoms. The number of thiophene rings is 1. The Morgan fingerprint density at radius 3 is 2.23 bits per heavy atom. The molecule has 188 valence electrons. The molecule has 35 heavy (non-hydrogen) atoms. The number of fused-ring (bicyclic) bond motifs is 1. The molecule has 13 heteroatoms. The predicted octanol–water partition coefficient (Wildman–Crippen LogP) is 5.53. The lowest BCUT2D eigenvalue weighted by atomic mass is 10.2. The van der Waals surface area contributed by atoms with E-state index < -0.39 is 12.1 Å². The number of carboxylic acid groups (broad SMARTS) is 1. The normalized spacial score (nSPS) is 16.7. The fraction of sp³-hybridized carbons (Fsp3) is 0.409. The number of nitrogens with one attached hydrogen (secondary N) is 1. The van der Waals surface area contributed by atoms with Crippen LogP contribution in [0, 0.1) is 0 Å². The molecule has 0 radical (unpaired) electrons. The van der Waals surface area contributed by atoms with Gasteiger partial charge in [-0.05, 0) is 36.6 Å². The monoisotopic (exact) mass is 547 g/mol. The first kappa shape index (κ1) is 25.7. The highest BCUT2D eigenvalue weighted by Crippen LogP contribution is 2.33. The lowest BCUT2D eigenvalue weighted by Gasteiger charge is -2.36. The standard InChI is InChI=1S/C20H21Cl2N5S.C2HF3O2/c21-17-11-13(18(22)28-17)12-26-7-9-27(10-8-26)20-19(23-14-5-6-14)24-15-3-1-2-4-16(15)25-20;3-2(4,5)1(6)7/h1-4,11,14H,5-10,12H2,(H,23,24);(H,6,7). The van der Waals surface area contributed by atoms with E-state index in [-0.39, 0.29) is 0 Å². The molecule has 1 saturated heterocycles. The van der Waals surface area contributed by atoms with Crippen LogP contribution < -0.4 is 10.2 Å². The van der Waals surface area contributed by atoms with Crippen molar-refractivity contribution in [3.63, 3.8) is 0 Å². The molecular weight excluding hydrogens is 526 g/mol. The Morgan fingerprint density at radius 1 is 1.11 bits per heavy atom. The molecule has 1 saturated carbocycles. The third kappa shape index (κ3) is 6.87. The molecule has 3 heterocycles. The van der Waals surface area contributed by atoms with E-state index in [2.05, 4.69) is 15.1 Å². The summed E-state index contributed by atoms with van der Waals surface area (Å²) in [6.07, 6.45) is -2.66. The largest absolute Gasteiger partial charge is 0.490 e. The van der Waals surface area contributed by atoms with Gasteiger partial charge in [0, 0.05) is 38.8 Å². The zero-order chi connectivity index (χ0) is 25.2. The molecular formula is C22H22Cl2F3N5O2S. The first-order valence-electron chi connectivity index (χ1n) is 10.8. The van der Waals surface area contributed by atoms with Crippen LogP contribution in [-0.2, 0) is 11.3 Å². The summed E-state index contributed by atoms with van der Waals surface area (Å²) in [5.41, 5.74) is 3.00. The number of para-hydroxylation sites is 2. The molecule has 3 aromatic rings. The lowest BCUT2D eigenvalue weighted by molar-refractivity contribution is -0.192. The highest BCUT2D eigenvalue weighted by Gasteiger charge is 2.38. The molecule has 0 amide bonds. The summed E-state index contributed by atoms with van der Waals surface area (Å²) in [7, 11) is 0. The van der Waals surface area contributed by atoms with Crippen LogP contribution in [0.2, 0.25) is 8.67 Å². The fourth-order valence-corrected chi connectivity index (χ4v) is 5.04. The summed E-state index contributed by atoms with van der Waals surface area (Å²) in [4.78, 5) is 23.5. The maximum Gasteiger partial charge on any atom is 0.490 e. The van der Waals surface area contributed by atoms with Crippen molar-refractivity contribution in [2.45, 2.75) is 31.6 Å². The molecule has 2 aliphatic rings. The summed E-state index contributed by atoms with van der Waals surface area (Å²) in [6, 6.07) is 10.6. The number of alkyl halides is 3. The topological polar surface area (TPSA) is 81.6 Å². The molecule has 1 aromatic carbocycles. The van der Waals surface area contributed by atoms with Crippen molar-refractivity contribution < 1.29 is 23.1 Å². The zero-order valence-electron chi connectivity index (χ0n) is 18.4. The van der Waals surface area contributed by atoms with Crippen molar-refractivity contribution in [3.05, 3.63) is 44.6 Å². The van der Waals surface area contributed by atoms with Gasteiger partial charge in [0.1, 0.15) is 0 Å². The number of piperazine rings is 1. The summed E-state index contributed by atoms with van der Waals surface area (Å²) in [5, 5.41) is 10.7. The Morgan fingerprint density at radius 2 is 1.71 bits per heavy atom. The smallest absolute Gasteiger partial charge is 0.475 e. The van der Waals surface area contributed by atoms with E-state index in [4.69, 9.17) is 43.1 Å². The Bertz CT molecular complexity index is 1200. The maximum absolute atomic E-state index is 10.6. The number of nitrogens with zero attached hydrogens (tertiary/aromatic N) is 4. The molecule has 2 aromatic heterocycles. The van der Waals surface area contributed by atoms with Gasteiger partial charge in [0.25, 0.3) is 0 Å². The van der Waals surface area contributed by atoms with Crippen LogP contribution in [-0.4, -0.2) is 64.3 Å². The molecule has 5 rings (SSSR count). The average Bonchev–Trinajstić information content (AvgIpc) is 3.56. The molecule has 7 nitrogen and oxygen atoms in total. The van der Waals surface area contributed by atoms with E-state index in [0.29, 0.717) is 6.04 Å². The van der Waals surface area contributed by atoms with E-state index in [1.807, 2.05) is 30.3 Å². The molecule has 1 aliphatic heterocycles. The Kier molecular flexibility index (Phi) is 7.89. The minimum Gasteiger partial charge on any atom is -0.475 e. The first-order valence-corrected chi connectivity index (χ1v) is 12.4. The highest BCUT2D eigenvalue weighted by molar-refractivity contribution is 7.20. The van der Waals surface area contributed by atoms with Crippen LogP contribution in [0.1, 0.15) is 18.4 Å². The summed E-state index contributed by atoms with van der Waals surface area (Å²) in [5.74, 6) is -0.864. The maximum atomic E-state index is 10.6. The van der Waals surface area contributed by atoms with Crippen LogP contribution in [0.5, 0.6) is 0 Å². The number of rotatable bonds is 5. The average molecular weight is 548 g/mol. The fourth-order valence-electron chi connectivity index (χ4n) is 3.57. The van der Waals surface area contributed by atoms with Gasteiger partial charge < -0.3 is 15.3 Å². The van der Waals surface area contributed by atoms with E-state index in [0.717, 1.165) is 69.6 Å². The molecule has 1 aliphatic carbocycles. The Hall–Kier alpha value is -2.34. The number of anilines is 2. The van der Waals surface area contributed by atoms with E-state index in [1.54, 1.807) is 0 Å². The zero-order valence-corrected chi connectivity index (χ0v) is 20.7. The van der Waals surface area contributed by atoms with Crippen molar-refractivity contribution in [3.8, 4) is 0 Å². The van der Waals surface area contributed by atoms with Gasteiger partial charge in [-0.3, -0.25) is 4.90 Å². The second-order valence-electron chi connectivity index (χ2n) is 8.22. The number of hydrogen-bond donors (Lipinski definition) is 2. The third-order valence-corrected chi connectivity index (χ3v) is 7.07. The van der Waals surface area contributed by atoms with Gasteiger partial charge >= 0.3 is 12.1 Å². The number of halogens is 5. The third-order valence-electron chi connectivity index (χ3n) is 5.51. The second-order valence-corrected chi connectivity index (χ2v) is 10.5. The van der Waals surface area contributed by atoms with Gasteiger partial charge in [-0.25, -0.2) is 14.8 Å². The predicted molar refractivity (Wildman–Crippen MR) is 132 cm³/mol. The Labute approximate surface area is 213 Å². The summed E-state index contributed by atoms with van der Waals surface area (Å²) >= 11 is 13.8. The van der Waals surface area contributed by atoms with Gasteiger partial charge in [-0.1, -0.05) is 35.3 Å². The number of hydrogen-bond acceptors (Lipinski definition) is 7. The van der Waals surface area contributed by atoms with Crippen molar-refractivity contribution in [2.24, 2.45) is 0 Å².